The Morgan fingerprint density at radius 2 is 1.50 bits per heavy atom. The van der Waals surface area contributed by atoms with Crippen LogP contribution in [0.1, 0.15) is 16.7 Å². The molecule has 0 unspecified atom stereocenters. The van der Waals surface area contributed by atoms with E-state index in [1.54, 1.807) is 0 Å². The molecule has 1 heteroatoms. The molecule has 0 atom stereocenters. The molecule has 0 aliphatic carbocycles. The van der Waals surface area contributed by atoms with Gasteiger partial charge >= 0.3 is 0 Å². The van der Waals surface area contributed by atoms with Crippen LogP contribution in [0.15, 0.2) is 36.4 Å². The zero-order chi connectivity index (χ0) is 11.7. The molecule has 2 rings (SSSR count). The standard InChI is InChI=1S/C15H17N/c1-10-4-5-11(2)14(8-10)13-7-6-12(3)15(16)9-13/h4-9H,16H2,1-3H3. The minimum absolute atomic E-state index is 0.860. The molecule has 2 N–H and O–H groups in total. The average molecular weight is 211 g/mol. The van der Waals surface area contributed by atoms with Gasteiger partial charge in [0.15, 0.2) is 0 Å². The van der Waals surface area contributed by atoms with Crippen LogP contribution in [0.25, 0.3) is 11.1 Å². The fourth-order valence-electron chi connectivity index (χ4n) is 1.85. The highest BCUT2D eigenvalue weighted by Crippen LogP contribution is 2.27. The molecule has 0 fully saturated rings. The largest absolute Gasteiger partial charge is 0.398 e. The van der Waals surface area contributed by atoms with Crippen molar-refractivity contribution in [2.75, 3.05) is 5.73 Å². The van der Waals surface area contributed by atoms with Crippen LogP contribution in [0.2, 0.25) is 0 Å². The van der Waals surface area contributed by atoms with Crippen molar-refractivity contribution >= 4 is 5.69 Å². The molecule has 0 spiro atoms. The minimum Gasteiger partial charge on any atom is -0.398 e. The molecule has 16 heavy (non-hydrogen) atoms. The molecule has 0 aliphatic heterocycles. The maximum Gasteiger partial charge on any atom is 0.0349 e. The second-order valence-electron chi connectivity index (χ2n) is 4.39. The van der Waals surface area contributed by atoms with Gasteiger partial charge in [-0.15, -0.1) is 0 Å². The molecule has 0 saturated carbocycles. The molecule has 82 valence electrons. The van der Waals surface area contributed by atoms with E-state index < -0.39 is 0 Å². The van der Waals surface area contributed by atoms with Gasteiger partial charge in [0.2, 0.25) is 0 Å². The lowest BCUT2D eigenvalue weighted by Crippen LogP contribution is -1.91. The highest BCUT2D eigenvalue weighted by Gasteiger charge is 2.03. The van der Waals surface area contributed by atoms with E-state index >= 15 is 0 Å². The van der Waals surface area contributed by atoms with Crippen LogP contribution in [-0.2, 0) is 0 Å². The Labute approximate surface area is 96.9 Å². The zero-order valence-corrected chi connectivity index (χ0v) is 10.0. The van der Waals surface area contributed by atoms with Crippen molar-refractivity contribution < 1.29 is 0 Å². The number of rotatable bonds is 1. The van der Waals surface area contributed by atoms with Crippen LogP contribution < -0.4 is 5.73 Å². The molecular formula is C15H17N. The van der Waals surface area contributed by atoms with E-state index in [9.17, 15) is 0 Å². The van der Waals surface area contributed by atoms with Gasteiger partial charge in [-0.3, -0.25) is 0 Å². The molecule has 0 saturated heterocycles. The molecular weight excluding hydrogens is 194 g/mol. The summed E-state index contributed by atoms with van der Waals surface area (Å²) in [5, 5.41) is 0. The quantitative estimate of drug-likeness (QED) is 0.712. The van der Waals surface area contributed by atoms with Crippen molar-refractivity contribution in [2.45, 2.75) is 20.8 Å². The van der Waals surface area contributed by atoms with Crippen molar-refractivity contribution in [1.29, 1.82) is 0 Å². The highest BCUT2D eigenvalue weighted by molar-refractivity contribution is 5.72. The number of hydrogen-bond acceptors (Lipinski definition) is 1. The first-order chi connectivity index (χ1) is 7.58. The summed E-state index contributed by atoms with van der Waals surface area (Å²) in [5.74, 6) is 0. The SMILES string of the molecule is Cc1ccc(C)c(-c2ccc(C)c(N)c2)c1. The number of aryl methyl sites for hydroxylation is 3. The molecule has 0 heterocycles. The number of hydrogen-bond donors (Lipinski definition) is 1. The Balaban J connectivity index is 2.58. The van der Waals surface area contributed by atoms with Gasteiger partial charge in [0.05, 0.1) is 0 Å². The van der Waals surface area contributed by atoms with E-state index in [1.807, 2.05) is 6.92 Å². The van der Waals surface area contributed by atoms with E-state index in [-0.39, 0.29) is 0 Å². The van der Waals surface area contributed by atoms with E-state index in [1.165, 1.54) is 22.3 Å². The number of nitrogen functional groups attached to an aromatic ring is 1. The summed E-state index contributed by atoms with van der Waals surface area (Å²) in [6.45, 7) is 6.27. The van der Waals surface area contributed by atoms with Gasteiger partial charge in [0, 0.05) is 5.69 Å². The molecule has 2 aromatic carbocycles. The third-order valence-corrected chi connectivity index (χ3v) is 2.98. The van der Waals surface area contributed by atoms with Crippen molar-refractivity contribution in [3.05, 3.63) is 53.1 Å². The van der Waals surface area contributed by atoms with Gasteiger partial charge in [0.25, 0.3) is 0 Å². The van der Waals surface area contributed by atoms with Crippen molar-refractivity contribution in [2.24, 2.45) is 0 Å². The summed E-state index contributed by atoms with van der Waals surface area (Å²) < 4.78 is 0. The molecule has 0 radical (unpaired) electrons. The average Bonchev–Trinajstić information content (AvgIpc) is 2.26. The molecule has 0 aromatic heterocycles. The van der Waals surface area contributed by atoms with E-state index in [0.717, 1.165) is 11.3 Å². The number of benzene rings is 2. The van der Waals surface area contributed by atoms with E-state index in [4.69, 9.17) is 5.73 Å². The van der Waals surface area contributed by atoms with Gasteiger partial charge in [0.1, 0.15) is 0 Å². The lowest BCUT2D eigenvalue weighted by Gasteiger charge is -2.09. The maximum absolute atomic E-state index is 5.95. The highest BCUT2D eigenvalue weighted by atomic mass is 14.6. The van der Waals surface area contributed by atoms with Gasteiger partial charge in [-0.2, -0.15) is 0 Å². The summed E-state index contributed by atoms with van der Waals surface area (Å²) in [6.07, 6.45) is 0. The van der Waals surface area contributed by atoms with Crippen LogP contribution in [-0.4, -0.2) is 0 Å². The van der Waals surface area contributed by atoms with Gasteiger partial charge < -0.3 is 5.73 Å². The van der Waals surface area contributed by atoms with Gasteiger partial charge in [-0.1, -0.05) is 35.9 Å². The summed E-state index contributed by atoms with van der Waals surface area (Å²) in [7, 11) is 0. The van der Waals surface area contributed by atoms with Crippen LogP contribution in [0.3, 0.4) is 0 Å². The second-order valence-corrected chi connectivity index (χ2v) is 4.39. The first-order valence-electron chi connectivity index (χ1n) is 5.51. The smallest absolute Gasteiger partial charge is 0.0349 e. The summed E-state index contributed by atoms with van der Waals surface area (Å²) in [5.41, 5.74) is 13.0. The Hall–Kier alpha value is -1.76. The third-order valence-electron chi connectivity index (χ3n) is 2.98. The fourth-order valence-corrected chi connectivity index (χ4v) is 1.85. The predicted octanol–water partition coefficient (Wildman–Crippen LogP) is 3.86. The minimum atomic E-state index is 0.860. The van der Waals surface area contributed by atoms with Crippen LogP contribution >= 0.6 is 0 Å². The zero-order valence-electron chi connectivity index (χ0n) is 10.0. The van der Waals surface area contributed by atoms with E-state index in [0.29, 0.717) is 0 Å². The normalized spacial score (nSPS) is 10.4. The fraction of sp³-hybridized carbons (Fsp3) is 0.200. The monoisotopic (exact) mass is 211 g/mol. The van der Waals surface area contributed by atoms with Crippen LogP contribution in [0.4, 0.5) is 5.69 Å². The van der Waals surface area contributed by atoms with Gasteiger partial charge in [-0.25, -0.2) is 0 Å². The maximum atomic E-state index is 5.95. The third kappa shape index (κ3) is 1.94. The number of anilines is 1. The van der Waals surface area contributed by atoms with Crippen LogP contribution in [0, 0.1) is 20.8 Å². The lowest BCUT2D eigenvalue weighted by molar-refractivity contribution is 1.38. The number of nitrogens with two attached hydrogens (primary N) is 1. The van der Waals surface area contributed by atoms with Crippen molar-refractivity contribution in [1.82, 2.24) is 0 Å². The summed E-state index contributed by atoms with van der Waals surface area (Å²) >= 11 is 0. The summed E-state index contributed by atoms with van der Waals surface area (Å²) in [6, 6.07) is 12.8. The molecule has 2 aromatic rings. The van der Waals surface area contributed by atoms with Crippen LogP contribution in [0.5, 0.6) is 0 Å². The molecule has 0 bridgehead atoms. The molecule has 1 nitrogen and oxygen atoms in total. The Bertz CT molecular complexity index is 527. The topological polar surface area (TPSA) is 26.0 Å². The second kappa shape index (κ2) is 4.01. The Kier molecular flexibility index (Phi) is 2.69. The first kappa shape index (κ1) is 10.7. The Morgan fingerprint density at radius 3 is 2.19 bits per heavy atom. The van der Waals surface area contributed by atoms with Crippen molar-refractivity contribution in [3.8, 4) is 11.1 Å². The lowest BCUT2D eigenvalue weighted by atomic mass is 9.97. The molecule has 0 amide bonds. The first-order valence-corrected chi connectivity index (χ1v) is 5.51. The van der Waals surface area contributed by atoms with E-state index in [2.05, 4.69) is 50.2 Å². The predicted molar refractivity (Wildman–Crippen MR) is 70.5 cm³/mol. The molecule has 0 aliphatic rings. The van der Waals surface area contributed by atoms with Gasteiger partial charge in [-0.05, 0) is 49.1 Å². The Morgan fingerprint density at radius 1 is 0.812 bits per heavy atom. The summed E-state index contributed by atoms with van der Waals surface area (Å²) in [4.78, 5) is 0. The van der Waals surface area contributed by atoms with Crippen molar-refractivity contribution in [3.63, 3.8) is 0 Å².